The number of carboxylic acids is 1. The van der Waals surface area contributed by atoms with Crippen LogP contribution in [0.3, 0.4) is 0 Å². The van der Waals surface area contributed by atoms with Crippen LogP contribution in [-0.4, -0.2) is 46.7 Å². The second kappa shape index (κ2) is 7.35. The molecule has 1 aromatic heterocycles. The van der Waals surface area contributed by atoms with Crippen molar-refractivity contribution in [3.63, 3.8) is 0 Å². The number of halogens is 2. The van der Waals surface area contributed by atoms with Gasteiger partial charge in [-0.25, -0.2) is 13.6 Å². The fraction of sp³-hybridized carbons (Fsp3) is 0.450. The van der Waals surface area contributed by atoms with Gasteiger partial charge in [-0.1, -0.05) is 0 Å². The third-order valence-corrected chi connectivity index (χ3v) is 5.62. The van der Waals surface area contributed by atoms with Gasteiger partial charge in [0, 0.05) is 31.4 Å². The molecule has 1 amide bonds. The van der Waals surface area contributed by atoms with Crippen molar-refractivity contribution in [3.8, 4) is 0 Å². The van der Waals surface area contributed by atoms with Crippen LogP contribution in [0.1, 0.15) is 42.6 Å². The monoisotopic (exact) mass is 420 g/mol. The first-order valence-corrected chi connectivity index (χ1v) is 9.80. The SMILES string of the molecule is C[C@H](N)C(=O)NC1CCN(c2c(F)cc3c(=O)c(C(=O)O)cn(C4CC4)c3c2F)C1. The highest BCUT2D eigenvalue weighted by Gasteiger charge is 2.33. The van der Waals surface area contributed by atoms with Crippen LogP contribution in [0.15, 0.2) is 17.1 Å². The first-order valence-electron chi connectivity index (χ1n) is 9.80. The van der Waals surface area contributed by atoms with E-state index in [0.29, 0.717) is 13.0 Å². The smallest absolute Gasteiger partial charge is 0.341 e. The van der Waals surface area contributed by atoms with E-state index in [-0.39, 0.29) is 41.1 Å². The van der Waals surface area contributed by atoms with Gasteiger partial charge in [0.25, 0.3) is 0 Å². The molecule has 1 aromatic carbocycles. The highest BCUT2D eigenvalue weighted by atomic mass is 19.1. The Morgan fingerprint density at radius 1 is 1.30 bits per heavy atom. The van der Waals surface area contributed by atoms with Crippen molar-refractivity contribution in [2.45, 2.75) is 44.3 Å². The number of benzene rings is 1. The van der Waals surface area contributed by atoms with Gasteiger partial charge in [-0.3, -0.25) is 9.59 Å². The van der Waals surface area contributed by atoms with Crippen molar-refractivity contribution < 1.29 is 23.5 Å². The summed E-state index contributed by atoms with van der Waals surface area (Å²) in [6.07, 6.45) is 3.07. The van der Waals surface area contributed by atoms with Gasteiger partial charge in [0.05, 0.1) is 16.9 Å². The van der Waals surface area contributed by atoms with Gasteiger partial charge < -0.3 is 25.6 Å². The molecule has 1 aliphatic heterocycles. The molecule has 2 aromatic rings. The number of hydrogen-bond acceptors (Lipinski definition) is 5. The molecule has 30 heavy (non-hydrogen) atoms. The van der Waals surface area contributed by atoms with Crippen molar-refractivity contribution >= 4 is 28.5 Å². The van der Waals surface area contributed by atoms with E-state index in [1.807, 2.05) is 0 Å². The molecule has 2 heterocycles. The number of aromatic carboxylic acids is 1. The number of nitrogens with one attached hydrogen (secondary N) is 1. The molecule has 1 unspecified atom stereocenters. The largest absolute Gasteiger partial charge is 0.477 e. The van der Waals surface area contributed by atoms with Crippen molar-refractivity contribution in [3.05, 3.63) is 39.7 Å². The second-order valence-corrected chi connectivity index (χ2v) is 7.96. The highest BCUT2D eigenvalue weighted by Crippen LogP contribution is 2.40. The Hall–Kier alpha value is -3.01. The number of fused-ring (bicyclic) bond motifs is 1. The summed E-state index contributed by atoms with van der Waals surface area (Å²) in [5, 5.41) is 11.8. The van der Waals surface area contributed by atoms with Crippen LogP contribution >= 0.6 is 0 Å². The number of carbonyl (C=O) groups excluding carboxylic acids is 1. The summed E-state index contributed by atoms with van der Waals surface area (Å²) in [5.41, 5.74) is 3.75. The number of amides is 1. The summed E-state index contributed by atoms with van der Waals surface area (Å²) < 4.78 is 31.9. The van der Waals surface area contributed by atoms with Crippen molar-refractivity contribution in [2.75, 3.05) is 18.0 Å². The zero-order valence-electron chi connectivity index (χ0n) is 16.3. The summed E-state index contributed by atoms with van der Waals surface area (Å²) in [7, 11) is 0. The van der Waals surface area contributed by atoms with E-state index in [0.717, 1.165) is 25.1 Å². The molecule has 0 bridgehead atoms. The lowest BCUT2D eigenvalue weighted by Crippen LogP contribution is -2.45. The Bertz CT molecular complexity index is 1110. The highest BCUT2D eigenvalue weighted by molar-refractivity contribution is 5.94. The molecular formula is C20H22F2N4O4. The van der Waals surface area contributed by atoms with E-state index >= 15 is 4.39 Å². The second-order valence-electron chi connectivity index (χ2n) is 7.96. The van der Waals surface area contributed by atoms with Crippen molar-refractivity contribution in [2.24, 2.45) is 5.73 Å². The Balaban J connectivity index is 1.78. The van der Waals surface area contributed by atoms with Gasteiger partial charge >= 0.3 is 5.97 Å². The lowest BCUT2D eigenvalue weighted by molar-refractivity contribution is -0.122. The Morgan fingerprint density at radius 2 is 2.00 bits per heavy atom. The van der Waals surface area contributed by atoms with Crippen LogP contribution < -0.4 is 21.4 Å². The lowest BCUT2D eigenvalue weighted by Gasteiger charge is -2.23. The first-order chi connectivity index (χ1) is 14.2. The fourth-order valence-electron chi connectivity index (χ4n) is 3.93. The molecule has 10 heteroatoms. The van der Waals surface area contributed by atoms with Gasteiger partial charge in [0.15, 0.2) is 5.82 Å². The molecule has 1 aliphatic carbocycles. The van der Waals surface area contributed by atoms with E-state index in [1.165, 1.54) is 9.47 Å². The zero-order chi connectivity index (χ0) is 21.7. The molecule has 4 rings (SSSR count). The quantitative estimate of drug-likeness (QED) is 0.672. The molecule has 2 atom stereocenters. The van der Waals surface area contributed by atoms with E-state index in [2.05, 4.69) is 5.32 Å². The average Bonchev–Trinajstić information content (AvgIpc) is 3.42. The molecule has 1 saturated heterocycles. The molecule has 2 fully saturated rings. The molecule has 8 nitrogen and oxygen atoms in total. The van der Waals surface area contributed by atoms with Crippen LogP contribution in [-0.2, 0) is 4.79 Å². The maximum absolute atomic E-state index is 15.6. The molecule has 0 spiro atoms. The molecule has 4 N–H and O–H groups in total. The van der Waals surface area contributed by atoms with Crippen molar-refractivity contribution in [1.29, 1.82) is 0 Å². The van der Waals surface area contributed by atoms with Gasteiger partial charge in [0.1, 0.15) is 17.1 Å². The maximum Gasteiger partial charge on any atom is 0.341 e. The minimum Gasteiger partial charge on any atom is -0.477 e. The van der Waals surface area contributed by atoms with Crippen LogP contribution in [0.25, 0.3) is 10.9 Å². The van der Waals surface area contributed by atoms with Gasteiger partial charge in [-0.15, -0.1) is 0 Å². The molecule has 0 radical (unpaired) electrons. The predicted molar refractivity (Wildman–Crippen MR) is 106 cm³/mol. The van der Waals surface area contributed by atoms with Gasteiger partial charge in [-0.05, 0) is 32.3 Å². The van der Waals surface area contributed by atoms with Crippen LogP contribution in [0.2, 0.25) is 0 Å². The number of carbonyl (C=O) groups is 2. The van der Waals surface area contributed by atoms with Crippen molar-refractivity contribution in [1.82, 2.24) is 9.88 Å². The molecule has 160 valence electrons. The van der Waals surface area contributed by atoms with Gasteiger partial charge in [0.2, 0.25) is 11.3 Å². The number of aromatic nitrogens is 1. The topological polar surface area (TPSA) is 118 Å². The number of rotatable bonds is 5. The fourth-order valence-corrected chi connectivity index (χ4v) is 3.93. The number of hydrogen-bond donors (Lipinski definition) is 3. The third kappa shape index (κ3) is 3.41. The summed E-state index contributed by atoms with van der Waals surface area (Å²) in [5.74, 6) is -3.62. The zero-order valence-corrected chi connectivity index (χ0v) is 16.3. The molecule has 2 aliphatic rings. The van der Waals surface area contributed by atoms with Crippen LogP contribution in [0.5, 0.6) is 0 Å². The lowest BCUT2D eigenvalue weighted by atomic mass is 10.1. The van der Waals surface area contributed by atoms with E-state index < -0.39 is 34.6 Å². The molecule has 1 saturated carbocycles. The first kappa shape index (κ1) is 20.3. The standard InChI is InChI=1S/C20H22F2N4O4/c1-9(23)19(28)24-10-4-5-25(7-10)17-14(21)6-12-16(15(17)22)26(11-2-3-11)8-13(18(12)27)20(29)30/h6,8-11H,2-5,7,23H2,1H3,(H,24,28)(H,29,30)/t9-,10?/m0/s1. The Morgan fingerprint density at radius 3 is 2.60 bits per heavy atom. The minimum absolute atomic E-state index is 0.0908. The minimum atomic E-state index is -1.44. The third-order valence-electron chi connectivity index (χ3n) is 5.62. The summed E-state index contributed by atoms with van der Waals surface area (Å²) in [4.78, 5) is 37.3. The normalized spacial score (nSPS) is 19.9. The van der Waals surface area contributed by atoms with E-state index in [1.54, 1.807) is 6.92 Å². The number of pyridine rings is 1. The number of nitrogens with two attached hydrogens (primary N) is 1. The van der Waals surface area contributed by atoms with Crippen LogP contribution in [0.4, 0.5) is 14.5 Å². The number of carboxylic acid groups (broad SMARTS) is 1. The Kier molecular flexibility index (Phi) is 4.97. The van der Waals surface area contributed by atoms with E-state index in [4.69, 9.17) is 5.73 Å². The average molecular weight is 420 g/mol. The van der Waals surface area contributed by atoms with Gasteiger partial charge in [-0.2, -0.15) is 0 Å². The summed E-state index contributed by atoms with van der Waals surface area (Å²) in [6, 6.07) is -0.215. The number of anilines is 1. The summed E-state index contributed by atoms with van der Waals surface area (Å²) in [6.45, 7) is 2.05. The predicted octanol–water partition coefficient (Wildman–Crippen LogP) is 1.35. The Labute approximate surface area is 170 Å². The summed E-state index contributed by atoms with van der Waals surface area (Å²) >= 11 is 0. The van der Waals surface area contributed by atoms with Crippen LogP contribution in [0, 0.1) is 11.6 Å². The van der Waals surface area contributed by atoms with E-state index in [9.17, 15) is 23.9 Å². The maximum atomic E-state index is 15.6. The molecular weight excluding hydrogens is 398 g/mol. The number of nitrogens with zero attached hydrogens (tertiary/aromatic N) is 2.